The molecule has 0 aliphatic carbocycles. The molecule has 3 rings (SSSR count). The maximum Gasteiger partial charge on any atom is 0.179 e. The minimum Gasteiger partial charge on any atom is -0.328 e. The van der Waals surface area contributed by atoms with Crippen molar-refractivity contribution in [3.63, 3.8) is 0 Å². The fourth-order valence-corrected chi connectivity index (χ4v) is 3.37. The second-order valence-corrected chi connectivity index (χ2v) is 6.24. The number of halogens is 1. The Morgan fingerprint density at radius 3 is 2.85 bits per heavy atom. The molecule has 1 N–H and O–H groups in total. The molecule has 0 amide bonds. The third kappa shape index (κ3) is 2.03. The number of aryl methyl sites for hydroxylation is 2. The summed E-state index contributed by atoms with van der Waals surface area (Å²) in [7, 11) is 1.95. The Kier molecular flexibility index (Phi) is 3.30. The Bertz CT molecular complexity index is 843. The molecular formula is C14H15BrN4S. The van der Waals surface area contributed by atoms with Crippen molar-refractivity contribution in [2.24, 2.45) is 7.05 Å². The zero-order valence-electron chi connectivity index (χ0n) is 11.5. The number of aromatic nitrogens is 4. The van der Waals surface area contributed by atoms with E-state index < -0.39 is 0 Å². The minimum absolute atomic E-state index is 0.142. The van der Waals surface area contributed by atoms with Crippen LogP contribution in [-0.2, 0) is 7.05 Å². The van der Waals surface area contributed by atoms with Crippen LogP contribution in [0.1, 0.15) is 24.2 Å². The summed E-state index contributed by atoms with van der Waals surface area (Å²) in [5, 5.41) is 4.45. The molecule has 0 aliphatic rings. The normalized spacial score (nSPS) is 13.0. The van der Waals surface area contributed by atoms with Gasteiger partial charge in [-0.25, -0.2) is 0 Å². The van der Waals surface area contributed by atoms with Crippen LogP contribution in [-0.4, -0.2) is 19.3 Å². The second kappa shape index (κ2) is 4.86. The van der Waals surface area contributed by atoms with Crippen LogP contribution in [0.25, 0.3) is 11.2 Å². The highest BCUT2D eigenvalue weighted by atomic mass is 79.9. The fourth-order valence-electron chi connectivity index (χ4n) is 2.61. The van der Waals surface area contributed by atoms with Crippen molar-refractivity contribution in [3.8, 4) is 0 Å². The van der Waals surface area contributed by atoms with Gasteiger partial charge in [0, 0.05) is 11.5 Å². The SMILES string of the molecule is Cc1nn(C)c2c1[nH]c(=S)n2C(C)c1cccc(Br)c1. The van der Waals surface area contributed by atoms with Crippen LogP contribution in [0.5, 0.6) is 0 Å². The molecule has 20 heavy (non-hydrogen) atoms. The molecule has 2 aromatic heterocycles. The van der Waals surface area contributed by atoms with E-state index in [1.807, 2.05) is 30.8 Å². The van der Waals surface area contributed by atoms with Gasteiger partial charge in [-0.2, -0.15) is 5.10 Å². The first-order valence-corrected chi connectivity index (χ1v) is 7.58. The van der Waals surface area contributed by atoms with E-state index in [1.54, 1.807) is 0 Å². The Labute approximate surface area is 130 Å². The van der Waals surface area contributed by atoms with Crippen LogP contribution in [0.4, 0.5) is 0 Å². The van der Waals surface area contributed by atoms with E-state index >= 15 is 0 Å². The van der Waals surface area contributed by atoms with E-state index in [9.17, 15) is 0 Å². The van der Waals surface area contributed by atoms with E-state index in [1.165, 1.54) is 5.56 Å². The summed E-state index contributed by atoms with van der Waals surface area (Å²) in [6.07, 6.45) is 0. The molecule has 6 heteroatoms. The van der Waals surface area contributed by atoms with Crippen LogP contribution in [0, 0.1) is 11.7 Å². The van der Waals surface area contributed by atoms with Gasteiger partial charge >= 0.3 is 0 Å². The van der Waals surface area contributed by atoms with E-state index in [4.69, 9.17) is 12.2 Å². The topological polar surface area (TPSA) is 38.5 Å². The molecule has 0 radical (unpaired) electrons. The molecule has 1 atom stereocenters. The monoisotopic (exact) mass is 350 g/mol. The van der Waals surface area contributed by atoms with Gasteiger partial charge in [0.05, 0.1) is 11.7 Å². The van der Waals surface area contributed by atoms with E-state index in [-0.39, 0.29) is 6.04 Å². The molecular weight excluding hydrogens is 336 g/mol. The Hall–Kier alpha value is -1.40. The Morgan fingerprint density at radius 2 is 2.15 bits per heavy atom. The standard InChI is InChI=1S/C14H15BrN4S/c1-8-12-13(18(3)17-8)19(14(20)16-12)9(2)10-5-4-6-11(15)7-10/h4-7,9H,1-3H3,(H,16,20). The largest absolute Gasteiger partial charge is 0.328 e. The first kappa shape index (κ1) is 13.6. The number of rotatable bonds is 2. The van der Waals surface area contributed by atoms with Gasteiger partial charge in [-0.15, -0.1) is 0 Å². The van der Waals surface area contributed by atoms with Gasteiger partial charge in [-0.05, 0) is 43.8 Å². The van der Waals surface area contributed by atoms with Crippen LogP contribution in [0.2, 0.25) is 0 Å². The predicted molar refractivity (Wildman–Crippen MR) is 86.6 cm³/mol. The summed E-state index contributed by atoms with van der Waals surface area (Å²) in [6, 6.07) is 8.44. The quantitative estimate of drug-likeness (QED) is 0.706. The van der Waals surface area contributed by atoms with E-state index in [0.29, 0.717) is 0 Å². The van der Waals surface area contributed by atoms with Crippen molar-refractivity contribution in [3.05, 3.63) is 44.8 Å². The van der Waals surface area contributed by atoms with Gasteiger partial charge < -0.3 is 4.98 Å². The maximum absolute atomic E-state index is 5.49. The van der Waals surface area contributed by atoms with Crippen LogP contribution >= 0.6 is 28.1 Å². The number of hydrogen-bond donors (Lipinski definition) is 1. The molecule has 104 valence electrons. The summed E-state index contributed by atoms with van der Waals surface area (Å²) in [4.78, 5) is 3.26. The highest BCUT2D eigenvalue weighted by Crippen LogP contribution is 2.27. The van der Waals surface area contributed by atoms with Gasteiger partial charge in [-0.3, -0.25) is 9.25 Å². The minimum atomic E-state index is 0.142. The molecule has 1 unspecified atom stereocenters. The van der Waals surface area contributed by atoms with Gasteiger partial charge in [-0.1, -0.05) is 28.1 Å². The lowest BCUT2D eigenvalue weighted by atomic mass is 10.1. The number of fused-ring (bicyclic) bond motifs is 1. The third-order valence-corrected chi connectivity index (χ3v) is 4.38. The molecule has 0 saturated carbocycles. The number of hydrogen-bond acceptors (Lipinski definition) is 2. The van der Waals surface area contributed by atoms with Crippen molar-refractivity contribution >= 4 is 39.3 Å². The zero-order valence-corrected chi connectivity index (χ0v) is 13.9. The summed E-state index contributed by atoms with van der Waals surface area (Å²) in [6.45, 7) is 4.13. The van der Waals surface area contributed by atoms with Gasteiger partial charge in [0.1, 0.15) is 5.52 Å². The fraction of sp³-hybridized carbons (Fsp3) is 0.286. The summed E-state index contributed by atoms with van der Waals surface area (Å²) in [5.41, 5.74) is 4.21. The van der Waals surface area contributed by atoms with Gasteiger partial charge in [0.2, 0.25) is 0 Å². The average molecular weight is 351 g/mol. The number of H-pyrrole nitrogens is 1. The van der Waals surface area contributed by atoms with E-state index in [2.05, 4.69) is 49.6 Å². The zero-order chi connectivity index (χ0) is 14.4. The van der Waals surface area contributed by atoms with Crippen molar-refractivity contribution in [1.29, 1.82) is 0 Å². The molecule has 0 aliphatic heterocycles. The number of benzene rings is 1. The predicted octanol–water partition coefficient (Wildman–Crippen LogP) is 4.11. The third-order valence-electron chi connectivity index (χ3n) is 3.59. The molecule has 4 nitrogen and oxygen atoms in total. The first-order valence-electron chi connectivity index (χ1n) is 6.38. The lowest BCUT2D eigenvalue weighted by Crippen LogP contribution is -2.09. The maximum atomic E-state index is 5.49. The van der Waals surface area contributed by atoms with Crippen LogP contribution in [0.15, 0.2) is 28.7 Å². The van der Waals surface area contributed by atoms with Crippen molar-refractivity contribution in [1.82, 2.24) is 19.3 Å². The molecule has 0 fully saturated rings. The van der Waals surface area contributed by atoms with Gasteiger partial charge in [0.15, 0.2) is 10.4 Å². The second-order valence-electron chi connectivity index (χ2n) is 4.94. The van der Waals surface area contributed by atoms with Crippen molar-refractivity contribution in [2.45, 2.75) is 19.9 Å². The lowest BCUT2D eigenvalue weighted by molar-refractivity contribution is 0.620. The lowest BCUT2D eigenvalue weighted by Gasteiger charge is -2.15. The average Bonchev–Trinajstić information content (AvgIpc) is 2.87. The molecule has 0 saturated heterocycles. The molecule has 0 spiro atoms. The summed E-state index contributed by atoms with van der Waals surface area (Å²) in [5.74, 6) is 0. The summed E-state index contributed by atoms with van der Waals surface area (Å²) < 4.78 is 5.79. The molecule has 0 bridgehead atoms. The van der Waals surface area contributed by atoms with Crippen LogP contribution in [0.3, 0.4) is 0 Å². The number of nitrogens with zero attached hydrogens (tertiary/aromatic N) is 3. The number of imidazole rings is 1. The van der Waals surface area contributed by atoms with E-state index in [0.717, 1.165) is 26.1 Å². The first-order chi connectivity index (χ1) is 9.49. The Morgan fingerprint density at radius 1 is 1.40 bits per heavy atom. The number of aromatic amines is 1. The van der Waals surface area contributed by atoms with Crippen molar-refractivity contribution < 1.29 is 0 Å². The van der Waals surface area contributed by atoms with Crippen LogP contribution < -0.4 is 0 Å². The van der Waals surface area contributed by atoms with Crippen molar-refractivity contribution in [2.75, 3.05) is 0 Å². The summed E-state index contributed by atoms with van der Waals surface area (Å²) >= 11 is 9.01. The highest BCUT2D eigenvalue weighted by Gasteiger charge is 2.18. The molecule has 1 aromatic carbocycles. The molecule has 2 heterocycles. The smallest absolute Gasteiger partial charge is 0.179 e. The highest BCUT2D eigenvalue weighted by molar-refractivity contribution is 9.10. The Balaban J connectivity index is 2.24. The van der Waals surface area contributed by atoms with Gasteiger partial charge in [0.25, 0.3) is 0 Å². The number of nitrogens with one attached hydrogen (secondary N) is 1. The molecule has 3 aromatic rings.